The van der Waals surface area contributed by atoms with Gasteiger partial charge >= 0.3 is 0 Å². The average Bonchev–Trinajstić information content (AvgIpc) is 2.56. The Morgan fingerprint density at radius 1 is 1.13 bits per heavy atom. The van der Waals surface area contributed by atoms with Crippen LogP contribution < -0.4 is 10.1 Å². The molecule has 0 fully saturated rings. The highest BCUT2D eigenvalue weighted by Crippen LogP contribution is 2.28. The Morgan fingerprint density at radius 2 is 1.78 bits per heavy atom. The van der Waals surface area contributed by atoms with Crippen LogP contribution >= 0.6 is 35.0 Å². The van der Waals surface area contributed by atoms with Crippen LogP contribution in [0.25, 0.3) is 0 Å². The first kappa shape index (κ1) is 18.0. The predicted molar refractivity (Wildman–Crippen MR) is 97.5 cm³/mol. The lowest BCUT2D eigenvalue weighted by Crippen LogP contribution is -2.24. The molecule has 0 spiro atoms. The number of carbonyl (C=O) groups is 1. The fourth-order valence-corrected chi connectivity index (χ4v) is 3.51. The number of ether oxygens (including phenoxy) is 1. The lowest BCUT2D eigenvalue weighted by molar-refractivity contribution is -0.118. The predicted octanol–water partition coefficient (Wildman–Crippen LogP) is 4.55. The van der Waals surface area contributed by atoms with E-state index in [4.69, 9.17) is 27.9 Å². The number of hydrogen-bond donors (Lipinski definition) is 1. The van der Waals surface area contributed by atoms with Crippen LogP contribution in [-0.4, -0.2) is 18.8 Å². The van der Waals surface area contributed by atoms with Gasteiger partial charge in [-0.1, -0.05) is 41.4 Å². The van der Waals surface area contributed by atoms with Crippen molar-refractivity contribution in [3.63, 3.8) is 0 Å². The smallest absolute Gasteiger partial charge is 0.230 e. The van der Waals surface area contributed by atoms with E-state index in [2.05, 4.69) is 5.32 Å². The summed E-state index contributed by atoms with van der Waals surface area (Å²) in [6, 6.07) is 13.0. The molecule has 0 radical (unpaired) electrons. The molecule has 122 valence electrons. The number of nitrogens with one attached hydrogen (secondary N) is 1. The normalized spacial score (nSPS) is 10.4. The summed E-state index contributed by atoms with van der Waals surface area (Å²) in [6.45, 7) is 0.496. The summed E-state index contributed by atoms with van der Waals surface area (Å²) < 4.78 is 5.10. The fourth-order valence-electron chi connectivity index (χ4n) is 1.91. The fraction of sp³-hybridized carbons (Fsp3) is 0.235. The molecule has 23 heavy (non-hydrogen) atoms. The second-order valence-electron chi connectivity index (χ2n) is 4.82. The monoisotopic (exact) mass is 369 g/mol. The zero-order chi connectivity index (χ0) is 16.7. The molecule has 0 aromatic heterocycles. The van der Waals surface area contributed by atoms with Crippen molar-refractivity contribution >= 4 is 40.9 Å². The number of benzene rings is 2. The van der Waals surface area contributed by atoms with Crippen molar-refractivity contribution in [3.05, 3.63) is 63.6 Å². The number of thioether (sulfide) groups is 1. The molecule has 0 aliphatic rings. The first-order valence-electron chi connectivity index (χ1n) is 7.00. The second-order valence-corrected chi connectivity index (χ2v) is 6.62. The average molecular weight is 370 g/mol. The Balaban J connectivity index is 1.74. The summed E-state index contributed by atoms with van der Waals surface area (Å²) in [5, 5.41) is 4.14. The van der Waals surface area contributed by atoms with Gasteiger partial charge in [0.1, 0.15) is 5.75 Å². The first-order valence-corrected chi connectivity index (χ1v) is 8.91. The van der Waals surface area contributed by atoms with E-state index in [1.165, 1.54) is 11.8 Å². The van der Waals surface area contributed by atoms with E-state index in [0.717, 1.165) is 16.9 Å². The summed E-state index contributed by atoms with van der Waals surface area (Å²) in [5.41, 5.74) is 1.89. The van der Waals surface area contributed by atoms with E-state index in [9.17, 15) is 4.79 Å². The van der Waals surface area contributed by atoms with Gasteiger partial charge in [0, 0.05) is 22.3 Å². The SMILES string of the molecule is COc1ccc(CNC(=O)CSCc2c(Cl)cccc2Cl)cc1. The van der Waals surface area contributed by atoms with Crippen molar-refractivity contribution < 1.29 is 9.53 Å². The Morgan fingerprint density at radius 3 is 2.39 bits per heavy atom. The minimum absolute atomic E-state index is 0.0194. The van der Waals surface area contributed by atoms with Crippen LogP contribution in [0.5, 0.6) is 5.75 Å². The van der Waals surface area contributed by atoms with E-state index >= 15 is 0 Å². The van der Waals surface area contributed by atoms with Crippen LogP contribution in [0.4, 0.5) is 0 Å². The zero-order valence-electron chi connectivity index (χ0n) is 12.6. The van der Waals surface area contributed by atoms with Crippen LogP contribution in [0.3, 0.4) is 0 Å². The highest BCUT2D eigenvalue weighted by atomic mass is 35.5. The van der Waals surface area contributed by atoms with Gasteiger partial charge in [-0.05, 0) is 35.4 Å². The summed E-state index contributed by atoms with van der Waals surface area (Å²) in [4.78, 5) is 11.9. The van der Waals surface area contributed by atoms with Crippen LogP contribution in [-0.2, 0) is 17.1 Å². The van der Waals surface area contributed by atoms with Crippen molar-refractivity contribution in [2.75, 3.05) is 12.9 Å². The topological polar surface area (TPSA) is 38.3 Å². The third kappa shape index (κ3) is 5.65. The van der Waals surface area contributed by atoms with Crippen LogP contribution in [0.15, 0.2) is 42.5 Å². The molecule has 1 amide bonds. The minimum atomic E-state index is -0.0194. The lowest BCUT2D eigenvalue weighted by Gasteiger charge is -2.08. The van der Waals surface area contributed by atoms with Crippen molar-refractivity contribution in [1.29, 1.82) is 0 Å². The molecule has 0 unspecified atom stereocenters. The third-order valence-corrected chi connectivity index (χ3v) is 4.86. The number of hydrogen-bond acceptors (Lipinski definition) is 3. The maximum Gasteiger partial charge on any atom is 0.230 e. The quantitative estimate of drug-likeness (QED) is 0.777. The maximum atomic E-state index is 11.9. The number of halogens is 2. The van der Waals surface area contributed by atoms with Gasteiger partial charge in [0.2, 0.25) is 5.91 Å². The highest BCUT2D eigenvalue weighted by molar-refractivity contribution is 7.99. The molecule has 6 heteroatoms. The van der Waals surface area contributed by atoms with Gasteiger partial charge in [0.15, 0.2) is 0 Å². The van der Waals surface area contributed by atoms with Crippen molar-refractivity contribution in [3.8, 4) is 5.75 Å². The van der Waals surface area contributed by atoms with E-state index in [-0.39, 0.29) is 5.91 Å². The number of carbonyl (C=O) groups excluding carboxylic acids is 1. The third-order valence-electron chi connectivity index (χ3n) is 3.19. The summed E-state index contributed by atoms with van der Waals surface area (Å²) in [6.07, 6.45) is 0. The molecule has 0 atom stereocenters. The molecule has 0 aliphatic heterocycles. The Labute approximate surface area is 150 Å². The molecule has 2 rings (SSSR count). The molecule has 1 N–H and O–H groups in total. The maximum absolute atomic E-state index is 11.9. The van der Waals surface area contributed by atoms with E-state index < -0.39 is 0 Å². The molecule has 0 saturated carbocycles. The van der Waals surface area contributed by atoms with E-state index in [1.807, 2.05) is 24.3 Å². The summed E-state index contributed by atoms with van der Waals surface area (Å²) in [7, 11) is 1.62. The van der Waals surface area contributed by atoms with Gasteiger partial charge in [0.05, 0.1) is 12.9 Å². The Hall–Kier alpha value is -1.36. The molecular weight excluding hydrogens is 353 g/mol. The lowest BCUT2D eigenvalue weighted by atomic mass is 10.2. The van der Waals surface area contributed by atoms with Gasteiger partial charge in [-0.3, -0.25) is 4.79 Å². The van der Waals surface area contributed by atoms with Crippen molar-refractivity contribution in [1.82, 2.24) is 5.32 Å². The molecule has 2 aromatic carbocycles. The number of amides is 1. The van der Waals surface area contributed by atoms with Gasteiger partial charge in [-0.15, -0.1) is 11.8 Å². The van der Waals surface area contributed by atoms with Gasteiger partial charge in [0.25, 0.3) is 0 Å². The highest BCUT2D eigenvalue weighted by Gasteiger charge is 2.07. The van der Waals surface area contributed by atoms with Gasteiger partial charge in [-0.2, -0.15) is 0 Å². The molecule has 0 heterocycles. The Bertz CT molecular complexity index is 642. The second kappa shape index (κ2) is 9.06. The van der Waals surface area contributed by atoms with Crippen LogP contribution in [0, 0.1) is 0 Å². The molecule has 0 bridgehead atoms. The van der Waals surface area contributed by atoms with Crippen LogP contribution in [0.2, 0.25) is 10.0 Å². The molecule has 2 aromatic rings. The summed E-state index contributed by atoms with van der Waals surface area (Å²) >= 11 is 13.7. The summed E-state index contributed by atoms with van der Waals surface area (Å²) in [5.74, 6) is 1.74. The number of methoxy groups -OCH3 is 1. The molecule has 3 nitrogen and oxygen atoms in total. The zero-order valence-corrected chi connectivity index (χ0v) is 15.0. The van der Waals surface area contributed by atoms with E-state index in [0.29, 0.717) is 28.1 Å². The van der Waals surface area contributed by atoms with Gasteiger partial charge in [-0.25, -0.2) is 0 Å². The Kier molecular flexibility index (Phi) is 7.09. The van der Waals surface area contributed by atoms with Gasteiger partial charge < -0.3 is 10.1 Å². The van der Waals surface area contributed by atoms with Crippen molar-refractivity contribution in [2.45, 2.75) is 12.3 Å². The molecular formula is C17H17Cl2NO2S. The van der Waals surface area contributed by atoms with E-state index in [1.54, 1.807) is 25.3 Å². The van der Waals surface area contributed by atoms with Crippen molar-refractivity contribution in [2.24, 2.45) is 0 Å². The number of rotatable bonds is 7. The molecule has 0 aliphatic carbocycles. The van der Waals surface area contributed by atoms with Crippen LogP contribution in [0.1, 0.15) is 11.1 Å². The minimum Gasteiger partial charge on any atom is -0.497 e. The largest absolute Gasteiger partial charge is 0.497 e. The molecule has 0 saturated heterocycles. The standard InChI is InChI=1S/C17H17Cl2NO2S/c1-22-13-7-5-12(6-8-13)9-20-17(21)11-23-10-14-15(18)3-2-4-16(14)19/h2-8H,9-11H2,1H3,(H,20,21). The first-order chi connectivity index (χ1) is 11.1.